The van der Waals surface area contributed by atoms with Gasteiger partial charge in [0, 0.05) is 42.5 Å². The Hall–Kier alpha value is -1.77. The smallest absolute Gasteiger partial charge is 0.128 e. The molecule has 1 aromatic heterocycles. The first-order chi connectivity index (χ1) is 10.0. The fourth-order valence-corrected chi connectivity index (χ4v) is 3.33. The Balaban J connectivity index is 1.62. The predicted molar refractivity (Wildman–Crippen MR) is 88.2 cm³/mol. The molecule has 3 nitrogen and oxygen atoms in total. The van der Waals surface area contributed by atoms with Crippen LogP contribution in [-0.2, 0) is 0 Å². The molecule has 2 saturated heterocycles. The van der Waals surface area contributed by atoms with Crippen molar-refractivity contribution in [2.24, 2.45) is 11.8 Å². The van der Waals surface area contributed by atoms with Crippen molar-refractivity contribution < 1.29 is 0 Å². The first kappa shape index (κ1) is 14.2. The molecule has 2 aliphatic rings. The number of hydrogen-bond donors (Lipinski definition) is 1. The van der Waals surface area contributed by atoms with Gasteiger partial charge in [0.1, 0.15) is 5.82 Å². The molecule has 1 unspecified atom stereocenters. The normalized spacial score (nSPS) is 23.2. The summed E-state index contributed by atoms with van der Waals surface area (Å²) in [4.78, 5) is 6.91. The molecule has 1 atom stereocenters. The minimum absolute atomic E-state index is 0.553. The molecule has 0 saturated carbocycles. The maximum absolute atomic E-state index is 4.53. The van der Waals surface area contributed by atoms with Gasteiger partial charge in [-0.3, -0.25) is 0 Å². The van der Waals surface area contributed by atoms with Crippen molar-refractivity contribution in [3.05, 3.63) is 48.4 Å². The van der Waals surface area contributed by atoms with Crippen molar-refractivity contribution >= 4 is 5.82 Å². The van der Waals surface area contributed by atoms with E-state index in [0.29, 0.717) is 17.8 Å². The van der Waals surface area contributed by atoms with Gasteiger partial charge in [-0.15, -0.1) is 0 Å². The Morgan fingerprint density at radius 1 is 1.33 bits per heavy atom. The number of rotatable bonds is 3. The Kier molecular flexibility index (Phi) is 3.75. The van der Waals surface area contributed by atoms with E-state index in [0.717, 1.165) is 36.7 Å². The fraction of sp³-hybridized carbons (Fsp3) is 0.500. The standard InChI is InChI=1S/C18H25N3/c1-12(2)15-7-8-19-18(9-15)21-10-16(11-21)17-6-5-13(3)20-14(17)4/h7-9,12,16-17,20H,3-6,10-11H2,1-2H3. The summed E-state index contributed by atoms with van der Waals surface area (Å²) in [5.41, 5.74) is 3.63. The first-order valence-corrected chi connectivity index (χ1v) is 7.89. The maximum Gasteiger partial charge on any atom is 0.128 e. The van der Waals surface area contributed by atoms with E-state index in [2.05, 4.69) is 54.3 Å². The highest BCUT2D eigenvalue weighted by atomic mass is 15.2. The number of anilines is 1. The summed E-state index contributed by atoms with van der Waals surface area (Å²) in [6.45, 7) is 14.8. The maximum atomic E-state index is 4.53. The highest BCUT2D eigenvalue weighted by Gasteiger charge is 2.36. The van der Waals surface area contributed by atoms with Crippen LogP contribution in [0.4, 0.5) is 5.82 Å². The number of allylic oxidation sites excluding steroid dienone is 2. The Morgan fingerprint density at radius 3 is 2.76 bits per heavy atom. The lowest BCUT2D eigenvalue weighted by Gasteiger charge is -2.46. The summed E-state index contributed by atoms with van der Waals surface area (Å²) < 4.78 is 0. The molecule has 0 aliphatic carbocycles. The molecular formula is C18H25N3. The zero-order valence-electron chi connectivity index (χ0n) is 13.1. The highest BCUT2D eigenvalue weighted by molar-refractivity contribution is 5.45. The second kappa shape index (κ2) is 5.55. The molecule has 0 aromatic carbocycles. The lowest BCUT2D eigenvalue weighted by molar-refractivity contribution is 0.270. The molecule has 0 bridgehead atoms. The average Bonchev–Trinajstić information content (AvgIpc) is 2.40. The van der Waals surface area contributed by atoms with Crippen molar-refractivity contribution in [1.82, 2.24) is 10.3 Å². The molecular weight excluding hydrogens is 258 g/mol. The van der Waals surface area contributed by atoms with Crippen LogP contribution in [0.2, 0.25) is 0 Å². The van der Waals surface area contributed by atoms with Crippen LogP contribution in [0.15, 0.2) is 42.9 Å². The summed E-state index contributed by atoms with van der Waals surface area (Å²) >= 11 is 0. The second-order valence-corrected chi connectivity index (χ2v) is 6.67. The van der Waals surface area contributed by atoms with Crippen LogP contribution in [0.1, 0.15) is 38.2 Å². The van der Waals surface area contributed by atoms with E-state index in [1.165, 1.54) is 12.0 Å². The van der Waals surface area contributed by atoms with Crippen LogP contribution in [0, 0.1) is 11.8 Å². The van der Waals surface area contributed by atoms with Gasteiger partial charge >= 0.3 is 0 Å². The molecule has 2 aliphatic heterocycles. The van der Waals surface area contributed by atoms with Gasteiger partial charge < -0.3 is 10.2 Å². The third kappa shape index (κ3) is 2.82. The Morgan fingerprint density at radius 2 is 2.10 bits per heavy atom. The van der Waals surface area contributed by atoms with E-state index in [1.54, 1.807) is 0 Å². The van der Waals surface area contributed by atoms with E-state index in [-0.39, 0.29) is 0 Å². The molecule has 21 heavy (non-hydrogen) atoms. The van der Waals surface area contributed by atoms with Gasteiger partial charge in [-0.1, -0.05) is 27.0 Å². The van der Waals surface area contributed by atoms with Gasteiger partial charge in [-0.25, -0.2) is 4.98 Å². The van der Waals surface area contributed by atoms with Crippen LogP contribution < -0.4 is 10.2 Å². The number of nitrogens with zero attached hydrogens (tertiary/aromatic N) is 2. The van der Waals surface area contributed by atoms with Gasteiger partial charge in [0.2, 0.25) is 0 Å². The van der Waals surface area contributed by atoms with E-state index in [9.17, 15) is 0 Å². The van der Waals surface area contributed by atoms with Crippen molar-refractivity contribution in [2.75, 3.05) is 18.0 Å². The molecule has 112 valence electrons. The van der Waals surface area contributed by atoms with Gasteiger partial charge in [0.15, 0.2) is 0 Å². The van der Waals surface area contributed by atoms with Crippen molar-refractivity contribution in [3.63, 3.8) is 0 Å². The van der Waals surface area contributed by atoms with Gasteiger partial charge in [0.05, 0.1) is 0 Å². The minimum Gasteiger partial charge on any atom is -0.363 e. The van der Waals surface area contributed by atoms with Crippen molar-refractivity contribution in [2.45, 2.75) is 32.6 Å². The van der Waals surface area contributed by atoms with E-state index in [4.69, 9.17) is 0 Å². The monoisotopic (exact) mass is 283 g/mol. The quantitative estimate of drug-likeness (QED) is 0.917. The molecule has 0 spiro atoms. The molecule has 0 radical (unpaired) electrons. The molecule has 1 aromatic rings. The van der Waals surface area contributed by atoms with E-state index in [1.807, 2.05) is 6.20 Å². The summed E-state index contributed by atoms with van der Waals surface area (Å²) in [6.07, 6.45) is 4.19. The zero-order chi connectivity index (χ0) is 15.0. The van der Waals surface area contributed by atoms with E-state index >= 15 is 0 Å². The lowest BCUT2D eigenvalue weighted by atomic mass is 9.79. The number of nitrogens with one attached hydrogen (secondary N) is 1. The topological polar surface area (TPSA) is 28.2 Å². The largest absolute Gasteiger partial charge is 0.363 e. The molecule has 3 heterocycles. The highest BCUT2D eigenvalue weighted by Crippen LogP contribution is 2.36. The van der Waals surface area contributed by atoms with Crippen LogP contribution in [0.3, 0.4) is 0 Å². The van der Waals surface area contributed by atoms with E-state index < -0.39 is 0 Å². The van der Waals surface area contributed by atoms with Crippen LogP contribution in [-0.4, -0.2) is 18.1 Å². The third-order valence-corrected chi connectivity index (χ3v) is 4.78. The number of piperidine rings is 1. The summed E-state index contributed by atoms with van der Waals surface area (Å²) in [6, 6.07) is 4.35. The Labute approximate surface area is 127 Å². The number of aromatic nitrogens is 1. The molecule has 3 heteroatoms. The third-order valence-electron chi connectivity index (χ3n) is 4.78. The van der Waals surface area contributed by atoms with Crippen LogP contribution >= 0.6 is 0 Å². The Bertz CT molecular complexity index is 555. The van der Waals surface area contributed by atoms with Gasteiger partial charge in [-0.05, 0) is 36.5 Å². The molecule has 1 N–H and O–H groups in total. The number of pyridine rings is 1. The number of hydrogen-bond acceptors (Lipinski definition) is 3. The minimum atomic E-state index is 0.553. The summed E-state index contributed by atoms with van der Waals surface area (Å²) in [5, 5.41) is 3.33. The molecule has 2 fully saturated rings. The second-order valence-electron chi connectivity index (χ2n) is 6.67. The lowest BCUT2D eigenvalue weighted by Crippen LogP contribution is -2.52. The summed E-state index contributed by atoms with van der Waals surface area (Å²) in [5.74, 6) is 2.95. The predicted octanol–water partition coefficient (Wildman–Crippen LogP) is 3.67. The van der Waals surface area contributed by atoms with Crippen LogP contribution in [0.5, 0.6) is 0 Å². The van der Waals surface area contributed by atoms with Crippen molar-refractivity contribution in [3.8, 4) is 0 Å². The van der Waals surface area contributed by atoms with Gasteiger partial charge in [0.25, 0.3) is 0 Å². The SMILES string of the molecule is C=C1CCC(C2CN(c3cc(C(C)C)ccn3)C2)C(=C)N1. The fourth-order valence-electron chi connectivity index (χ4n) is 3.33. The van der Waals surface area contributed by atoms with Gasteiger partial charge in [-0.2, -0.15) is 0 Å². The molecule has 3 rings (SSSR count). The van der Waals surface area contributed by atoms with Crippen molar-refractivity contribution in [1.29, 1.82) is 0 Å². The van der Waals surface area contributed by atoms with Crippen LogP contribution in [0.25, 0.3) is 0 Å². The first-order valence-electron chi connectivity index (χ1n) is 7.89. The average molecular weight is 283 g/mol. The summed E-state index contributed by atoms with van der Waals surface area (Å²) in [7, 11) is 0. The molecule has 0 amide bonds. The zero-order valence-corrected chi connectivity index (χ0v) is 13.1.